The number of hydrogen-bond acceptors (Lipinski definition) is 4. The molecule has 0 radical (unpaired) electrons. The fraction of sp³-hybridized carbons (Fsp3) is 0.188. The van der Waals surface area contributed by atoms with Gasteiger partial charge in [0.15, 0.2) is 5.65 Å². The van der Waals surface area contributed by atoms with Crippen molar-refractivity contribution in [3.8, 4) is 0 Å². The number of hydrogen-bond donors (Lipinski definition) is 0. The molecule has 2 aromatic heterocycles. The minimum absolute atomic E-state index is 0.700. The van der Waals surface area contributed by atoms with Crippen LogP contribution in [0.25, 0.3) is 11.2 Å². The number of benzene rings is 1. The number of aryl methyl sites for hydroxylation is 1. The van der Waals surface area contributed by atoms with Crippen LogP contribution in [0.15, 0.2) is 42.7 Å². The van der Waals surface area contributed by atoms with Gasteiger partial charge in [-0.15, -0.1) is 0 Å². The van der Waals surface area contributed by atoms with Crippen molar-refractivity contribution in [2.45, 2.75) is 13.3 Å². The van der Waals surface area contributed by atoms with E-state index >= 15 is 0 Å². The van der Waals surface area contributed by atoms with Gasteiger partial charge in [-0.1, -0.05) is 12.1 Å². The van der Waals surface area contributed by atoms with Crippen molar-refractivity contribution in [2.24, 2.45) is 0 Å². The first-order chi connectivity index (χ1) is 9.83. The van der Waals surface area contributed by atoms with Gasteiger partial charge >= 0.3 is 0 Å². The molecule has 0 unspecified atom stereocenters. The van der Waals surface area contributed by atoms with Gasteiger partial charge in [-0.2, -0.15) is 0 Å². The van der Waals surface area contributed by atoms with E-state index in [4.69, 9.17) is 0 Å². The first-order valence-electron chi connectivity index (χ1n) is 6.77. The molecule has 0 N–H and O–H groups in total. The Bertz CT molecular complexity index is 797. The molecule has 1 aliphatic heterocycles. The Kier molecular flexibility index (Phi) is 2.42. The van der Waals surface area contributed by atoms with Crippen LogP contribution in [0.1, 0.15) is 11.1 Å². The zero-order chi connectivity index (χ0) is 13.5. The van der Waals surface area contributed by atoms with Crippen molar-refractivity contribution in [3.63, 3.8) is 0 Å². The second kappa shape index (κ2) is 4.27. The third kappa shape index (κ3) is 1.65. The van der Waals surface area contributed by atoms with Crippen LogP contribution in [-0.4, -0.2) is 21.5 Å². The fourth-order valence-corrected chi connectivity index (χ4v) is 2.84. The van der Waals surface area contributed by atoms with Gasteiger partial charge in [0.1, 0.15) is 11.3 Å². The van der Waals surface area contributed by atoms with Crippen molar-refractivity contribution in [3.05, 3.63) is 53.9 Å². The average Bonchev–Trinajstić information content (AvgIpc) is 2.92. The van der Waals surface area contributed by atoms with Crippen LogP contribution in [0, 0.1) is 6.92 Å². The summed E-state index contributed by atoms with van der Waals surface area (Å²) in [6.45, 7) is 3.14. The predicted octanol–water partition coefficient (Wildman–Crippen LogP) is 3.03. The molecule has 0 fully saturated rings. The Balaban J connectivity index is 1.84. The van der Waals surface area contributed by atoms with Gasteiger partial charge < -0.3 is 4.90 Å². The van der Waals surface area contributed by atoms with Crippen molar-refractivity contribution < 1.29 is 0 Å². The van der Waals surface area contributed by atoms with Crippen molar-refractivity contribution in [2.75, 3.05) is 11.4 Å². The summed E-state index contributed by atoms with van der Waals surface area (Å²) in [5, 5.41) is 0. The highest BCUT2D eigenvalue weighted by Crippen LogP contribution is 2.35. The average molecular weight is 262 g/mol. The molecule has 1 aliphatic rings. The van der Waals surface area contributed by atoms with Gasteiger partial charge in [0, 0.05) is 24.6 Å². The number of rotatable bonds is 1. The normalized spacial score (nSPS) is 13.8. The summed E-state index contributed by atoms with van der Waals surface area (Å²) in [5.41, 5.74) is 5.57. The molecule has 0 saturated heterocycles. The first kappa shape index (κ1) is 11.3. The molecule has 0 spiro atoms. The number of pyridine rings is 1. The topological polar surface area (TPSA) is 41.9 Å². The third-order valence-corrected chi connectivity index (χ3v) is 3.86. The van der Waals surface area contributed by atoms with Gasteiger partial charge in [-0.05, 0) is 42.7 Å². The van der Waals surface area contributed by atoms with Crippen LogP contribution in [-0.2, 0) is 6.42 Å². The van der Waals surface area contributed by atoms with Crippen molar-refractivity contribution in [1.29, 1.82) is 0 Å². The van der Waals surface area contributed by atoms with Crippen molar-refractivity contribution in [1.82, 2.24) is 15.0 Å². The van der Waals surface area contributed by atoms with E-state index in [1.165, 1.54) is 16.8 Å². The summed E-state index contributed by atoms with van der Waals surface area (Å²) in [7, 11) is 0. The quantitative estimate of drug-likeness (QED) is 0.676. The van der Waals surface area contributed by atoms with E-state index in [0.717, 1.165) is 24.3 Å². The lowest BCUT2D eigenvalue weighted by atomic mass is 10.1. The van der Waals surface area contributed by atoms with Crippen LogP contribution in [0.3, 0.4) is 0 Å². The van der Waals surface area contributed by atoms with Gasteiger partial charge in [0.05, 0.1) is 0 Å². The molecule has 0 atom stereocenters. The van der Waals surface area contributed by atoms with Crippen LogP contribution in [0.2, 0.25) is 0 Å². The lowest BCUT2D eigenvalue weighted by molar-refractivity contribution is 0.973. The smallest absolute Gasteiger partial charge is 0.180 e. The van der Waals surface area contributed by atoms with Crippen molar-refractivity contribution >= 4 is 22.7 Å². The molecule has 4 rings (SSSR count). The fourth-order valence-electron chi connectivity index (χ4n) is 2.84. The Labute approximate surface area is 117 Å². The highest BCUT2D eigenvalue weighted by atomic mass is 15.2. The SMILES string of the molecule is Cc1cccc2c1CCN2c1ccc2nccnc2n1. The maximum atomic E-state index is 4.64. The first-order valence-corrected chi connectivity index (χ1v) is 6.77. The number of anilines is 2. The number of nitrogens with zero attached hydrogens (tertiary/aromatic N) is 4. The lowest BCUT2D eigenvalue weighted by Crippen LogP contribution is -2.14. The summed E-state index contributed by atoms with van der Waals surface area (Å²) in [4.78, 5) is 15.4. The zero-order valence-electron chi connectivity index (χ0n) is 11.2. The van der Waals surface area contributed by atoms with E-state index in [-0.39, 0.29) is 0 Å². The van der Waals surface area contributed by atoms with Crippen LogP contribution < -0.4 is 4.90 Å². The minimum atomic E-state index is 0.700. The monoisotopic (exact) mass is 262 g/mol. The molecule has 0 bridgehead atoms. The van der Waals surface area contributed by atoms with Gasteiger partial charge in [0.2, 0.25) is 0 Å². The molecular formula is C16H14N4. The molecule has 0 saturated carbocycles. The van der Waals surface area contributed by atoms with Gasteiger partial charge in [-0.3, -0.25) is 4.98 Å². The lowest BCUT2D eigenvalue weighted by Gasteiger charge is -2.18. The van der Waals surface area contributed by atoms with Crippen LogP contribution >= 0.6 is 0 Å². The summed E-state index contributed by atoms with van der Waals surface area (Å²) >= 11 is 0. The summed E-state index contributed by atoms with van der Waals surface area (Å²) < 4.78 is 0. The second-order valence-electron chi connectivity index (χ2n) is 5.04. The van der Waals surface area contributed by atoms with E-state index in [0.29, 0.717) is 5.65 Å². The zero-order valence-corrected chi connectivity index (χ0v) is 11.2. The highest BCUT2D eigenvalue weighted by Gasteiger charge is 2.22. The molecular weight excluding hydrogens is 248 g/mol. The Morgan fingerprint density at radius 1 is 1.05 bits per heavy atom. The third-order valence-electron chi connectivity index (χ3n) is 3.86. The van der Waals surface area contributed by atoms with Crippen LogP contribution in [0.5, 0.6) is 0 Å². The summed E-state index contributed by atoms with van der Waals surface area (Å²) in [5.74, 6) is 0.947. The molecule has 20 heavy (non-hydrogen) atoms. The highest BCUT2D eigenvalue weighted by molar-refractivity contribution is 5.75. The van der Waals surface area contributed by atoms with E-state index in [1.54, 1.807) is 12.4 Å². The van der Waals surface area contributed by atoms with E-state index < -0.39 is 0 Å². The largest absolute Gasteiger partial charge is 0.326 e. The Hall–Kier alpha value is -2.49. The predicted molar refractivity (Wildman–Crippen MR) is 79.2 cm³/mol. The maximum Gasteiger partial charge on any atom is 0.180 e. The van der Waals surface area contributed by atoms with E-state index in [2.05, 4.69) is 45.0 Å². The molecule has 1 aromatic carbocycles. The standard InChI is InChI=1S/C16H14N4/c1-11-3-2-4-14-12(11)7-10-20(14)15-6-5-13-16(19-15)18-9-8-17-13/h2-6,8-9H,7,10H2,1H3. The second-order valence-corrected chi connectivity index (χ2v) is 5.04. The molecule has 4 nitrogen and oxygen atoms in total. The Morgan fingerprint density at radius 2 is 1.95 bits per heavy atom. The molecule has 0 aliphatic carbocycles. The van der Waals surface area contributed by atoms with Gasteiger partial charge in [0.25, 0.3) is 0 Å². The Morgan fingerprint density at radius 3 is 2.90 bits per heavy atom. The van der Waals surface area contributed by atoms with Crippen LogP contribution in [0.4, 0.5) is 11.5 Å². The summed E-state index contributed by atoms with van der Waals surface area (Å²) in [6.07, 6.45) is 4.45. The molecule has 3 heterocycles. The molecule has 0 amide bonds. The minimum Gasteiger partial charge on any atom is -0.326 e. The van der Waals surface area contributed by atoms with E-state index in [9.17, 15) is 0 Å². The number of fused-ring (bicyclic) bond motifs is 2. The molecule has 98 valence electrons. The maximum absolute atomic E-state index is 4.64. The van der Waals surface area contributed by atoms with Gasteiger partial charge in [-0.25, -0.2) is 9.97 Å². The van der Waals surface area contributed by atoms with E-state index in [1.807, 2.05) is 12.1 Å². The number of aromatic nitrogens is 3. The molecule has 3 aromatic rings. The molecule has 4 heteroatoms. The summed E-state index contributed by atoms with van der Waals surface area (Å²) in [6, 6.07) is 10.4.